The Kier molecular flexibility index (Phi) is 4.05. The predicted octanol–water partition coefficient (Wildman–Crippen LogP) is 2.91. The van der Waals surface area contributed by atoms with Gasteiger partial charge >= 0.3 is 11.9 Å². The number of ether oxygens (including phenoxy) is 2. The van der Waals surface area contributed by atoms with Crippen LogP contribution in [0.2, 0.25) is 0 Å². The summed E-state index contributed by atoms with van der Waals surface area (Å²) in [7, 11) is 2.79. The highest BCUT2D eigenvalue weighted by molar-refractivity contribution is 7.12. The number of carboxylic acids is 1. The second kappa shape index (κ2) is 5.75. The molecule has 0 aliphatic carbocycles. The molecule has 5 nitrogen and oxygen atoms in total. The quantitative estimate of drug-likeness (QED) is 0.877. The molecule has 2 aromatic rings. The van der Waals surface area contributed by atoms with Crippen LogP contribution >= 0.6 is 11.3 Å². The lowest BCUT2D eigenvalue weighted by atomic mass is 10.0. The molecule has 0 unspecified atom stereocenters. The van der Waals surface area contributed by atoms with E-state index in [2.05, 4.69) is 4.74 Å². The number of carbonyl (C=O) groups is 2. The van der Waals surface area contributed by atoms with Gasteiger partial charge in [-0.05, 0) is 35.2 Å². The van der Waals surface area contributed by atoms with Crippen molar-refractivity contribution in [1.82, 2.24) is 0 Å². The maximum atomic E-state index is 11.4. The molecule has 1 heterocycles. The number of methoxy groups -OCH3 is 2. The minimum Gasteiger partial charge on any atom is -0.496 e. The fourth-order valence-corrected chi connectivity index (χ4v) is 2.57. The highest BCUT2D eigenvalue weighted by Crippen LogP contribution is 2.34. The van der Waals surface area contributed by atoms with Crippen LogP contribution in [0.25, 0.3) is 11.1 Å². The van der Waals surface area contributed by atoms with Gasteiger partial charge in [-0.1, -0.05) is 0 Å². The van der Waals surface area contributed by atoms with E-state index >= 15 is 0 Å². The van der Waals surface area contributed by atoms with Crippen LogP contribution in [-0.2, 0) is 4.74 Å². The Bertz CT molecular complexity index is 659. The number of benzene rings is 1. The third-order valence-electron chi connectivity index (χ3n) is 2.75. The zero-order valence-electron chi connectivity index (χ0n) is 10.9. The largest absolute Gasteiger partial charge is 0.496 e. The molecule has 0 aliphatic rings. The summed E-state index contributed by atoms with van der Waals surface area (Å²) in [6.07, 6.45) is 0. The third-order valence-corrected chi connectivity index (χ3v) is 3.66. The van der Waals surface area contributed by atoms with Gasteiger partial charge < -0.3 is 14.6 Å². The molecule has 0 radical (unpaired) electrons. The van der Waals surface area contributed by atoms with Crippen molar-refractivity contribution in [3.05, 3.63) is 40.1 Å². The number of esters is 1. The molecule has 0 spiro atoms. The van der Waals surface area contributed by atoms with Crippen molar-refractivity contribution in [1.29, 1.82) is 0 Å². The van der Waals surface area contributed by atoms with Gasteiger partial charge in [-0.15, -0.1) is 11.3 Å². The van der Waals surface area contributed by atoms with E-state index in [1.165, 1.54) is 37.7 Å². The maximum Gasteiger partial charge on any atom is 0.348 e. The van der Waals surface area contributed by atoms with Crippen molar-refractivity contribution < 1.29 is 24.2 Å². The first-order valence-corrected chi connectivity index (χ1v) is 6.53. The average molecular weight is 292 g/mol. The number of hydrogen-bond acceptors (Lipinski definition) is 5. The number of rotatable bonds is 4. The molecule has 0 fully saturated rings. The summed E-state index contributed by atoms with van der Waals surface area (Å²) in [4.78, 5) is 22.8. The molecule has 0 saturated heterocycles. The fourth-order valence-electron chi connectivity index (χ4n) is 1.75. The molecule has 2 rings (SSSR count). The zero-order valence-corrected chi connectivity index (χ0v) is 11.7. The second-order valence-corrected chi connectivity index (χ2v) is 4.82. The summed E-state index contributed by atoms with van der Waals surface area (Å²) in [5.41, 5.74) is 1.65. The number of carboxylic acid groups (broad SMARTS) is 1. The van der Waals surface area contributed by atoms with Crippen molar-refractivity contribution in [3.63, 3.8) is 0 Å². The Morgan fingerprint density at radius 3 is 2.55 bits per heavy atom. The lowest BCUT2D eigenvalue weighted by Gasteiger charge is -2.07. The molecule has 104 valence electrons. The van der Waals surface area contributed by atoms with E-state index in [9.17, 15) is 9.59 Å². The Morgan fingerprint density at radius 2 is 1.95 bits per heavy atom. The molecule has 0 bridgehead atoms. The standard InChI is InChI=1S/C14H12O5S/c1-18-11-5-8(13(15)16)3-4-10(11)9-6-12(20-7-9)14(17)19-2/h3-7H,1-2H3,(H,15,16). The van der Waals surface area contributed by atoms with Crippen LogP contribution in [0.5, 0.6) is 5.75 Å². The molecule has 6 heteroatoms. The number of hydrogen-bond donors (Lipinski definition) is 1. The van der Waals surface area contributed by atoms with Gasteiger partial charge in [-0.3, -0.25) is 0 Å². The van der Waals surface area contributed by atoms with E-state index in [1.54, 1.807) is 17.5 Å². The van der Waals surface area contributed by atoms with Gasteiger partial charge in [0, 0.05) is 5.56 Å². The summed E-state index contributed by atoms with van der Waals surface area (Å²) in [5, 5.41) is 10.8. The van der Waals surface area contributed by atoms with Crippen molar-refractivity contribution >= 4 is 23.3 Å². The smallest absolute Gasteiger partial charge is 0.348 e. The van der Waals surface area contributed by atoms with Gasteiger partial charge in [0.1, 0.15) is 10.6 Å². The van der Waals surface area contributed by atoms with Crippen LogP contribution < -0.4 is 4.74 Å². The summed E-state index contributed by atoms with van der Waals surface area (Å²) >= 11 is 1.26. The van der Waals surface area contributed by atoms with Crippen molar-refractivity contribution in [2.24, 2.45) is 0 Å². The van der Waals surface area contributed by atoms with E-state index < -0.39 is 11.9 Å². The van der Waals surface area contributed by atoms with Crippen LogP contribution in [-0.4, -0.2) is 31.3 Å². The molecular weight excluding hydrogens is 280 g/mol. The van der Waals surface area contributed by atoms with Crippen molar-refractivity contribution in [2.45, 2.75) is 0 Å². The Balaban J connectivity index is 2.44. The molecule has 0 saturated carbocycles. The third kappa shape index (κ3) is 2.65. The number of thiophene rings is 1. The molecular formula is C14H12O5S. The van der Waals surface area contributed by atoms with E-state index in [4.69, 9.17) is 9.84 Å². The van der Waals surface area contributed by atoms with E-state index in [0.29, 0.717) is 10.6 Å². The van der Waals surface area contributed by atoms with E-state index in [0.717, 1.165) is 11.1 Å². The molecule has 0 atom stereocenters. The number of aromatic carboxylic acids is 1. The summed E-state index contributed by atoms with van der Waals surface area (Å²) in [6.45, 7) is 0. The first-order chi connectivity index (χ1) is 9.56. The minimum absolute atomic E-state index is 0.147. The predicted molar refractivity (Wildman–Crippen MR) is 74.6 cm³/mol. The maximum absolute atomic E-state index is 11.4. The minimum atomic E-state index is -1.02. The van der Waals surface area contributed by atoms with Gasteiger partial charge in [0.05, 0.1) is 19.8 Å². The van der Waals surface area contributed by atoms with E-state index in [-0.39, 0.29) is 5.56 Å². The normalized spacial score (nSPS) is 10.1. The highest BCUT2D eigenvalue weighted by atomic mass is 32.1. The van der Waals surface area contributed by atoms with Gasteiger partial charge in [0.15, 0.2) is 0 Å². The van der Waals surface area contributed by atoms with Gasteiger partial charge in [0.2, 0.25) is 0 Å². The first-order valence-electron chi connectivity index (χ1n) is 5.65. The topological polar surface area (TPSA) is 72.8 Å². The Morgan fingerprint density at radius 1 is 1.20 bits per heavy atom. The number of carbonyl (C=O) groups excluding carboxylic acids is 1. The van der Waals surface area contributed by atoms with Crippen LogP contribution in [0.3, 0.4) is 0 Å². The second-order valence-electron chi connectivity index (χ2n) is 3.91. The summed E-state index contributed by atoms with van der Waals surface area (Å²) in [5.74, 6) is -0.975. The molecule has 0 aliphatic heterocycles. The fraction of sp³-hybridized carbons (Fsp3) is 0.143. The van der Waals surface area contributed by atoms with Crippen molar-refractivity contribution in [2.75, 3.05) is 14.2 Å². The van der Waals surface area contributed by atoms with Crippen LogP contribution in [0.4, 0.5) is 0 Å². The van der Waals surface area contributed by atoms with Gasteiger partial charge in [-0.2, -0.15) is 0 Å². The molecule has 20 heavy (non-hydrogen) atoms. The SMILES string of the molecule is COC(=O)c1cc(-c2ccc(C(=O)O)cc2OC)cs1. The van der Waals surface area contributed by atoms with Crippen LogP contribution in [0, 0.1) is 0 Å². The summed E-state index contributed by atoms with van der Waals surface area (Å²) < 4.78 is 9.87. The molecule has 1 N–H and O–H groups in total. The van der Waals surface area contributed by atoms with Crippen LogP contribution in [0.15, 0.2) is 29.6 Å². The Labute approximate surface area is 119 Å². The molecule has 1 aromatic heterocycles. The van der Waals surface area contributed by atoms with Gasteiger partial charge in [-0.25, -0.2) is 9.59 Å². The van der Waals surface area contributed by atoms with E-state index in [1.807, 2.05) is 0 Å². The average Bonchev–Trinajstić information content (AvgIpc) is 2.95. The lowest BCUT2D eigenvalue weighted by Crippen LogP contribution is -1.98. The van der Waals surface area contributed by atoms with Crippen LogP contribution in [0.1, 0.15) is 20.0 Å². The van der Waals surface area contributed by atoms with Gasteiger partial charge in [0.25, 0.3) is 0 Å². The van der Waals surface area contributed by atoms with Crippen molar-refractivity contribution in [3.8, 4) is 16.9 Å². The molecule has 0 amide bonds. The summed E-state index contributed by atoms with van der Waals surface area (Å²) in [6, 6.07) is 6.29. The lowest BCUT2D eigenvalue weighted by molar-refractivity contribution is 0.0605. The molecule has 1 aromatic carbocycles. The Hall–Kier alpha value is -2.34. The monoisotopic (exact) mass is 292 g/mol. The first kappa shape index (κ1) is 14.1. The highest BCUT2D eigenvalue weighted by Gasteiger charge is 2.14. The zero-order chi connectivity index (χ0) is 14.7.